The molecule has 186 valence electrons. The largest absolute Gasteiger partial charge is 0.487 e. The summed E-state index contributed by atoms with van der Waals surface area (Å²) in [4.78, 5) is 20.3. The normalized spacial score (nSPS) is 15.8. The van der Waals surface area contributed by atoms with Crippen LogP contribution in [0, 0.1) is 3.57 Å². The maximum atomic E-state index is 13.3. The van der Waals surface area contributed by atoms with Crippen LogP contribution in [0.3, 0.4) is 0 Å². The van der Waals surface area contributed by atoms with E-state index in [1.807, 2.05) is 55.5 Å². The lowest BCUT2D eigenvalue weighted by atomic mass is 10.2. The third kappa shape index (κ3) is 7.22. The number of carbonyl (C=O) groups is 1. The fourth-order valence-electron chi connectivity index (χ4n) is 3.39. The van der Waals surface area contributed by atoms with Crippen LogP contribution in [0.15, 0.2) is 85.6 Å². The van der Waals surface area contributed by atoms with Gasteiger partial charge < -0.3 is 9.47 Å². The molecular weight excluding hydrogens is 719 g/mol. The standard InChI is InChI=1S/C27H23Br2IN2O3S/c1-2-34-13-12-32-26(33)24(36-27(32)31-21-6-4-3-5-7-21)16-19-14-22(28)25(23(29)15-19)35-17-18-8-10-20(30)11-9-18/h3-11,14-16H,2,12-13,17H2,1H3/b24-16-,31-27?. The summed E-state index contributed by atoms with van der Waals surface area (Å²) in [5, 5.41) is 0.646. The molecule has 1 aliphatic rings. The van der Waals surface area contributed by atoms with E-state index in [1.54, 1.807) is 4.90 Å². The number of amidine groups is 1. The van der Waals surface area contributed by atoms with E-state index >= 15 is 0 Å². The molecule has 0 saturated carbocycles. The van der Waals surface area contributed by atoms with Crippen LogP contribution in [0.4, 0.5) is 5.69 Å². The summed E-state index contributed by atoms with van der Waals surface area (Å²) in [5.74, 6) is 0.631. The molecule has 0 N–H and O–H groups in total. The Labute approximate surface area is 245 Å². The van der Waals surface area contributed by atoms with Crippen LogP contribution in [-0.4, -0.2) is 35.7 Å². The highest BCUT2D eigenvalue weighted by Crippen LogP contribution is 2.38. The minimum atomic E-state index is -0.0827. The van der Waals surface area contributed by atoms with Gasteiger partial charge in [-0.25, -0.2) is 4.99 Å². The van der Waals surface area contributed by atoms with Crippen LogP contribution in [0.25, 0.3) is 6.08 Å². The highest BCUT2D eigenvalue weighted by molar-refractivity contribution is 14.1. The molecule has 9 heteroatoms. The van der Waals surface area contributed by atoms with Crippen LogP contribution in [0.5, 0.6) is 5.75 Å². The smallest absolute Gasteiger partial charge is 0.266 e. The van der Waals surface area contributed by atoms with Crippen molar-refractivity contribution in [3.8, 4) is 5.75 Å². The van der Waals surface area contributed by atoms with E-state index in [0.29, 0.717) is 42.2 Å². The van der Waals surface area contributed by atoms with E-state index in [0.717, 1.165) is 25.8 Å². The lowest BCUT2D eigenvalue weighted by molar-refractivity contribution is -0.122. The third-order valence-corrected chi connectivity index (χ3v) is 8.05. The van der Waals surface area contributed by atoms with Gasteiger partial charge in [-0.3, -0.25) is 9.69 Å². The van der Waals surface area contributed by atoms with Crippen LogP contribution in [0.2, 0.25) is 0 Å². The van der Waals surface area contributed by atoms with E-state index < -0.39 is 0 Å². The van der Waals surface area contributed by atoms with Crippen molar-refractivity contribution in [3.05, 3.63) is 95.3 Å². The maximum absolute atomic E-state index is 13.3. The zero-order valence-electron chi connectivity index (χ0n) is 19.4. The highest BCUT2D eigenvalue weighted by Gasteiger charge is 2.33. The molecule has 4 rings (SSSR count). The molecule has 0 atom stereocenters. The molecule has 1 saturated heterocycles. The first-order valence-corrected chi connectivity index (χ1v) is 14.7. The molecule has 1 fully saturated rings. The number of para-hydroxylation sites is 1. The van der Waals surface area contributed by atoms with Gasteiger partial charge in [0.1, 0.15) is 12.4 Å². The molecule has 0 aromatic heterocycles. The predicted molar refractivity (Wildman–Crippen MR) is 163 cm³/mol. The number of benzene rings is 3. The van der Waals surface area contributed by atoms with Crippen molar-refractivity contribution in [3.63, 3.8) is 0 Å². The molecule has 0 spiro atoms. The molecule has 0 radical (unpaired) electrons. The maximum Gasteiger partial charge on any atom is 0.266 e. The number of ether oxygens (including phenoxy) is 2. The van der Waals surface area contributed by atoms with E-state index in [4.69, 9.17) is 14.5 Å². The molecule has 0 aliphatic carbocycles. The first kappa shape index (κ1) is 27.4. The fourth-order valence-corrected chi connectivity index (χ4v) is 6.22. The quantitative estimate of drug-likeness (QED) is 0.127. The second kappa shape index (κ2) is 13.2. The summed E-state index contributed by atoms with van der Waals surface area (Å²) in [6.45, 7) is 3.89. The molecule has 1 amide bonds. The van der Waals surface area contributed by atoms with E-state index in [1.165, 1.54) is 15.3 Å². The van der Waals surface area contributed by atoms with Crippen LogP contribution in [-0.2, 0) is 16.1 Å². The van der Waals surface area contributed by atoms with Crippen LogP contribution < -0.4 is 4.74 Å². The molecule has 36 heavy (non-hydrogen) atoms. The van der Waals surface area contributed by atoms with Gasteiger partial charge in [0.15, 0.2) is 5.17 Å². The number of halogens is 3. The lowest BCUT2D eigenvalue weighted by Crippen LogP contribution is -2.32. The first-order valence-electron chi connectivity index (χ1n) is 11.2. The van der Waals surface area contributed by atoms with Crippen LogP contribution >= 0.6 is 66.2 Å². The summed E-state index contributed by atoms with van der Waals surface area (Å²) < 4.78 is 14.3. The van der Waals surface area contributed by atoms with Gasteiger partial charge in [0.2, 0.25) is 0 Å². The summed E-state index contributed by atoms with van der Waals surface area (Å²) in [6.07, 6.45) is 1.88. The molecule has 3 aromatic rings. The molecule has 1 aliphatic heterocycles. The van der Waals surface area contributed by atoms with Crippen molar-refractivity contribution in [1.29, 1.82) is 0 Å². The number of amides is 1. The number of thioether (sulfide) groups is 1. The van der Waals surface area contributed by atoms with Gasteiger partial charge in [-0.05, 0) is 127 Å². The predicted octanol–water partition coefficient (Wildman–Crippen LogP) is 8.04. The fraction of sp³-hybridized carbons (Fsp3) is 0.185. The van der Waals surface area contributed by atoms with Crippen molar-refractivity contribution in [2.45, 2.75) is 13.5 Å². The van der Waals surface area contributed by atoms with Crippen molar-refractivity contribution in [2.24, 2.45) is 4.99 Å². The van der Waals surface area contributed by atoms with E-state index in [-0.39, 0.29) is 5.91 Å². The highest BCUT2D eigenvalue weighted by atomic mass is 127. The van der Waals surface area contributed by atoms with Gasteiger partial charge >= 0.3 is 0 Å². The Morgan fingerprint density at radius 1 is 1.06 bits per heavy atom. The lowest BCUT2D eigenvalue weighted by Gasteiger charge is -2.15. The monoisotopic (exact) mass is 740 g/mol. The topological polar surface area (TPSA) is 51.1 Å². The van der Waals surface area contributed by atoms with Gasteiger partial charge in [-0.1, -0.05) is 30.3 Å². The van der Waals surface area contributed by atoms with E-state index in [9.17, 15) is 4.79 Å². The average Bonchev–Trinajstić information content (AvgIpc) is 3.14. The van der Waals surface area contributed by atoms with Gasteiger partial charge in [0, 0.05) is 10.2 Å². The van der Waals surface area contributed by atoms with Gasteiger partial charge in [0.05, 0.1) is 32.7 Å². The van der Waals surface area contributed by atoms with Crippen molar-refractivity contribution in [2.75, 3.05) is 19.8 Å². The Kier molecular flexibility index (Phi) is 10.1. The van der Waals surface area contributed by atoms with E-state index in [2.05, 4.69) is 78.7 Å². The summed E-state index contributed by atoms with van der Waals surface area (Å²) >= 11 is 10.9. The first-order chi connectivity index (χ1) is 17.4. The summed E-state index contributed by atoms with van der Waals surface area (Å²) in [7, 11) is 0. The second-order valence-corrected chi connectivity index (χ2v) is 11.7. The second-order valence-electron chi connectivity index (χ2n) is 7.72. The van der Waals surface area contributed by atoms with Gasteiger partial charge in [-0.15, -0.1) is 0 Å². The zero-order chi connectivity index (χ0) is 25.5. The SMILES string of the molecule is CCOCCN1C(=O)/C(=C/c2cc(Br)c(OCc3ccc(I)cc3)c(Br)c2)SC1=Nc1ccccc1. The number of hydrogen-bond donors (Lipinski definition) is 0. The molecule has 5 nitrogen and oxygen atoms in total. The van der Waals surface area contributed by atoms with Crippen molar-refractivity contribution >= 4 is 89.1 Å². The molecule has 1 heterocycles. The van der Waals surface area contributed by atoms with Crippen molar-refractivity contribution in [1.82, 2.24) is 4.90 Å². The Morgan fingerprint density at radius 3 is 2.42 bits per heavy atom. The Hall–Kier alpha value is -1.66. The Morgan fingerprint density at radius 2 is 1.75 bits per heavy atom. The summed E-state index contributed by atoms with van der Waals surface area (Å²) in [6, 6.07) is 21.8. The Balaban J connectivity index is 1.55. The number of hydrogen-bond acceptors (Lipinski definition) is 5. The number of carbonyl (C=O) groups excluding carboxylic acids is 1. The molecular formula is C27H23Br2IN2O3S. The third-order valence-electron chi connectivity index (χ3n) is 5.15. The van der Waals surface area contributed by atoms with Gasteiger partial charge in [0.25, 0.3) is 5.91 Å². The van der Waals surface area contributed by atoms with Crippen molar-refractivity contribution < 1.29 is 14.3 Å². The minimum Gasteiger partial charge on any atom is -0.487 e. The molecule has 0 bridgehead atoms. The number of rotatable bonds is 9. The Bertz CT molecular complexity index is 1260. The summed E-state index contributed by atoms with van der Waals surface area (Å²) in [5.41, 5.74) is 2.76. The zero-order valence-corrected chi connectivity index (χ0v) is 25.6. The van der Waals surface area contributed by atoms with Gasteiger partial charge in [-0.2, -0.15) is 0 Å². The number of aliphatic imine (C=N–C) groups is 1. The molecule has 0 unspecified atom stereocenters. The minimum absolute atomic E-state index is 0.0827. The molecule has 3 aromatic carbocycles. The number of nitrogens with zero attached hydrogens (tertiary/aromatic N) is 2. The average molecular weight is 742 g/mol. The van der Waals surface area contributed by atoms with Crippen LogP contribution in [0.1, 0.15) is 18.1 Å².